The lowest BCUT2D eigenvalue weighted by molar-refractivity contribution is -0.258. The number of carbonyl (C=O) groups excluding carboxylic acids is 2. The minimum absolute atomic E-state index is 0.0543. The Kier molecular flexibility index (Phi) is 22.8. The van der Waals surface area contributed by atoms with Crippen molar-refractivity contribution < 1.29 is 35.9 Å². The first-order valence-corrected chi connectivity index (χ1v) is 28.8. The van der Waals surface area contributed by atoms with Crippen LogP contribution in [0.4, 0.5) is 26.3 Å². The Morgan fingerprint density at radius 1 is 0.493 bits per heavy atom. The van der Waals surface area contributed by atoms with Crippen molar-refractivity contribution in [3.63, 3.8) is 0 Å². The molecule has 0 radical (unpaired) electrons. The van der Waals surface area contributed by atoms with E-state index in [2.05, 4.69) is 24.5 Å². The van der Waals surface area contributed by atoms with Gasteiger partial charge in [-0.15, -0.1) is 23.5 Å². The zero-order valence-corrected chi connectivity index (χ0v) is 44.1. The first-order chi connectivity index (χ1) is 33.1. The highest BCUT2D eigenvalue weighted by atomic mass is 32.2. The number of fused-ring (bicyclic) bond motifs is 4. The summed E-state index contributed by atoms with van der Waals surface area (Å²) in [5.41, 5.74) is -2.11. The molecule has 0 aromatic heterocycles. The van der Waals surface area contributed by atoms with Gasteiger partial charge in [0, 0.05) is 41.1 Å². The Bertz CT molecular complexity index is 1940. The van der Waals surface area contributed by atoms with Crippen LogP contribution < -0.4 is 10.6 Å². The van der Waals surface area contributed by atoms with Crippen LogP contribution in [0.15, 0.2) is 63.6 Å². The molecule has 1 saturated carbocycles. The topological polar surface area (TPSA) is 58.2 Å². The molecule has 2 heterocycles. The second kappa shape index (κ2) is 27.5. The summed E-state index contributed by atoms with van der Waals surface area (Å²) in [5.74, 6) is -16.3. The number of unbranched alkanes of at least 4 members (excludes halogenated alkanes) is 26. The van der Waals surface area contributed by atoms with E-state index < -0.39 is 38.4 Å². The third kappa shape index (κ3) is 14.3. The molecule has 0 bridgehead atoms. The third-order valence-electron chi connectivity index (χ3n) is 15.1. The molecule has 1 fully saturated rings. The van der Waals surface area contributed by atoms with Crippen LogP contribution in [0.25, 0.3) is 4.91 Å². The summed E-state index contributed by atoms with van der Waals surface area (Å²) in [4.78, 5) is 27.0. The molecule has 4 nitrogen and oxygen atoms in total. The molecule has 388 valence electrons. The zero-order valence-electron chi connectivity index (χ0n) is 42.5. The van der Waals surface area contributed by atoms with E-state index >= 15 is 26.3 Å². The van der Waals surface area contributed by atoms with Gasteiger partial charge in [-0.1, -0.05) is 193 Å². The van der Waals surface area contributed by atoms with Crippen LogP contribution in [0.5, 0.6) is 0 Å². The van der Waals surface area contributed by atoms with Crippen molar-refractivity contribution in [2.45, 2.75) is 248 Å². The third-order valence-corrected chi connectivity index (χ3v) is 18.4. The van der Waals surface area contributed by atoms with Crippen molar-refractivity contribution in [1.29, 1.82) is 0 Å². The van der Waals surface area contributed by atoms with Gasteiger partial charge >= 0.3 is 17.8 Å². The van der Waals surface area contributed by atoms with Crippen LogP contribution in [-0.2, 0) is 4.79 Å². The fourth-order valence-electron chi connectivity index (χ4n) is 10.5. The predicted molar refractivity (Wildman–Crippen MR) is 279 cm³/mol. The molecule has 4 aliphatic rings. The zero-order chi connectivity index (χ0) is 50.0. The molecule has 0 spiro atoms. The SMILES string of the molecule is CCCCCCCCCCCCCCCCNC(=O)CCC1=CC2=C3C(=C4C=C(c5ccc(C(=O)NCCCCCCCCCCCCCCCC)cc5)S[C@]4(C)[C@@]2(C)S1)C(F)(F)C(F)(F)C3(F)F. The number of allylic oxidation sites excluding steroid dienone is 5. The van der Waals surface area contributed by atoms with E-state index in [0.29, 0.717) is 34.0 Å². The number of halogens is 6. The number of benzene rings is 1. The van der Waals surface area contributed by atoms with Crippen LogP contribution in [0.3, 0.4) is 0 Å². The quantitative estimate of drug-likeness (QED) is 0.0525. The predicted octanol–water partition coefficient (Wildman–Crippen LogP) is 18.0. The average Bonchev–Trinajstić information content (AvgIpc) is 3.90. The Labute approximate surface area is 420 Å². The van der Waals surface area contributed by atoms with Gasteiger partial charge in [-0.05, 0) is 79.0 Å². The summed E-state index contributed by atoms with van der Waals surface area (Å²) in [6, 6.07) is 6.64. The summed E-state index contributed by atoms with van der Waals surface area (Å²) in [5, 5.41) is 5.93. The van der Waals surface area contributed by atoms with E-state index in [9.17, 15) is 9.59 Å². The van der Waals surface area contributed by atoms with Gasteiger partial charge in [0.15, 0.2) is 0 Å². The van der Waals surface area contributed by atoms with Crippen LogP contribution in [0.1, 0.15) is 236 Å². The number of hydrogen-bond acceptors (Lipinski definition) is 4. The summed E-state index contributed by atoms with van der Waals surface area (Å²) >= 11 is 2.38. The number of thioether (sulfide) groups is 2. The second-order valence-electron chi connectivity index (χ2n) is 20.6. The first-order valence-electron chi connectivity index (χ1n) is 27.2. The van der Waals surface area contributed by atoms with E-state index in [1.54, 1.807) is 38.1 Å². The largest absolute Gasteiger partial charge is 0.380 e. The number of rotatable bonds is 35. The first kappa shape index (κ1) is 57.3. The van der Waals surface area contributed by atoms with Crippen molar-refractivity contribution in [2.75, 3.05) is 13.1 Å². The van der Waals surface area contributed by atoms with Crippen LogP contribution in [0.2, 0.25) is 0 Å². The smallest absolute Gasteiger partial charge is 0.356 e. The van der Waals surface area contributed by atoms with Crippen LogP contribution in [-0.4, -0.2) is 52.2 Å². The molecule has 0 unspecified atom stereocenters. The van der Waals surface area contributed by atoms with Crippen LogP contribution >= 0.6 is 23.5 Å². The van der Waals surface area contributed by atoms with Gasteiger partial charge in [0.1, 0.15) is 0 Å². The minimum atomic E-state index is -5.64. The van der Waals surface area contributed by atoms with Gasteiger partial charge in [-0.3, -0.25) is 9.59 Å². The summed E-state index contributed by atoms with van der Waals surface area (Å²) < 4.78 is 91.6. The number of nitrogens with one attached hydrogen (secondary N) is 2. The Morgan fingerprint density at radius 3 is 1.30 bits per heavy atom. The molecule has 2 N–H and O–H groups in total. The molecule has 1 aromatic carbocycles. The monoisotopic (exact) mass is 1010 g/mol. The lowest BCUT2D eigenvalue weighted by atomic mass is 9.71. The Morgan fingerprint density at radius 2 is 0.870 bits per heavy atom. The number of alkyl halides is 6. The molecule has 12 heteroatoms. The van der Waals surface area contributed by atoms with Crippen molar-refractivity contribution in [3.05, 3.63) is 74.7 Å². The molecule has 5 rings (SSSR count). The molecule has 0 saturated heterocycles. The summed E-state index contributed by atoms with van der Waals surface area (Å²) in [6.07, 6.45) is 37.7. The van der Waals surface area contributed by atoms with Gasteiger partial charge in [0.25, 0.3) is 5.91 Å². The highest BCUT2D eigenvalue weighted by molar-refractivity contribution is 8.12. The molecular formula is C57H84F6N2O2S2. The molecule has 2 atom stereocenters. The Balaban J connectivity index is 1.10. The normalized spacial score (nSPS) is 21.8. The Hall–Kier alpha value is -2.60. The van der Waals surface area contributed by atoms with E-state index in [1.807, 2.05) is 0 Å². The minimum Gasteiger partial charge on any atom is -0.356 e. The fourth-order valence-corrected chi connectivity index (χ4v) is 13.7. The standard InChI is InChI=1S/C57H84F6N2O2S2/c1-5-7-9-11-13-15-17-19-21-23-25-27-29-31-39-64-49(66)38-37-45-41-46-50-51(56(60,61)57(62,63)55(50,58)59)47-42-48(69-54(47,4)53(46,3)68-45)43-33-35-44(36-34-43)52(67)65-40-32-30-28-26-24-22-20-18-16-14-12-10-8-6-2/h33-36,41-42H,5-32,37-40H2,1-4H3,(H,64,66)(H,65,67)/t53-,54-/m0/s1. The second-order valence-corrected chi connectivity index (χ2v) is 23.6. The van der Waals surface area contributed by atoms with Gasteiger partial charge in [-0.2, -0.15) is 26.3 Å². The summed E-state index contributed by atoms with van der Waals surface area (Å²) in [7, 11) is 0. The van der Waals surface area contributed by atoms with Crippen molar-refractivity contribution in [3.8, 4) is 0 Å². The van der Waals surface area contributed by atoms with Crippen molar-refractivity contribution in [1.82, 2.24) is 10.6 Å². The number of hydrogen-bond donors (Lipinski definition) is 2. The van der Waals surface area contributed by atoms with Crippen molar-refractivity contribution >= 4 is 40.2 Å². The fraction of sp³-hybridized carbons (Fsp3) is 0.719. The maximum absolute atomic E-state index is 15.9. The van der Waals surface area contributed by atoms with Gasteiger partial charge in [0.05, 0.1) is 9.49 Å². The maximum Gasteiger partial charge on any atom is 0.380 e. The molecule has 2 aliphatic heterocycles. The van der Waals surface area contributed by atoms with E-state index in [-0.39, 0.29) is 35.8 Å². The lowest BCUT2D eigenvalue weighted by Crippen LogP contribution is -2.48. The van der Waals surface area contributed by atoms with E-state index in [4.69, 9.17) is 0 Å². The average molecular weight is 1010 g/mol. The number of carbonyl (C=O) groups is 2. The lowest BCUT2D eigenvalue weighted by Gasteiger charge is -2.47. The highest BCUT2D eigenvalue weighted by Crippen LogP contribution is 2.74. The van der Waals surface area contributed by atoms with Crippen molar-refractivity contribution in [2.24, 2.45) is 0 Å². The van der Waals surface area contributed by atoms with Crippen LogP contribution in [0, 0.1) is 0 Å². The van der Waals surface area contributed by atoms with E-state index in [0.717, 1.165) is 38.5 Å². The highest BCUT2D eigenvalue weighted by Gasteiger charge is 2.84. The number of amides is 2. The molecule has 1 aromatic rings. The molecule has 2 aliphatic carbocycles. The van der Waals surface area contributed by atoms with E-state index in [1.165, 1.54) is 177 Å². The molecule has 2 amide bonds. The molecular weight excluding hydrogens is 923 g/mol. The van der Waals surface area contributed by atoms with Gasteiger partial charge < -0.3 is 10.6 Å². The maximum atomic E-state index is 15.9. The molecule has 69 heavy (non-hydrogen) atoms. The van der Waals surface area contributed by atoms with Gasteiger partial charge in [-0.25, -0.2) is 0 Å². The van der Waals surface area contributed by atoms with Gasteiger partial charge in [0.2, 0.25) is 5.91 Å². The summed E-state index contributed by atoms with van der Waals surface area (Å²) in [6.45, 7) is 8.89.